The standard InChI is InChI=1S/C17H16ClN/c18-12-4-5-14-13(9-12)15-16(19-14)10-2-3-11(8-10)17(15)6-1-7-17/h2-5,9-11,19H,1,6-8H2/t10?,11-/m1/s1. The summed E-state index contributed by atoms with van der Waals surface area (Å²) in [6.45, 7) is 0. The fourth-order valence-electron chi connectivity index (χ4n) is 4.69. The number of H-pyrrole nitrogens is 1. The minimum Gasteiger partial charge on any atom is -0.358 e. The second-order valence-electron chi connectivity index (χ2n) is 6.45. The first-order valence-electron chi connectivity index (χ1n) is 7.28. The number of rotatable bonds is 0. The van der Waals surface area contributed by atoms with E-state index < -0.39 is 0 Å². The molecule has 3 aliphatic carbocycles. The third-order valence-corrected chi connectivity index (χ3v) is 5.93. The van der Waals surface area contributed by atoms with Gasteiger partial charge in [0, 0.05) is 33.0 Å². The summed E-state index contributed by atoms with van der Waals surface area (Å²) >= 11 is 6.23. The van der Waals surface area contributed by atoms with Gasteiger partial charge < -0.3 is 4.98 Å². The second-order valence-corrected chi connectivity index (χ2v) is 6.88. The van der Waals surface area contributed by atoms with E-state index in [1.54, 1.807) is 5.56 Å². The molecule has 1 spiro atoms. The summed E-state index contributed by atoms with van der Waals surface area (Å²) in [5.41, 5.74) is 4.76. The number of allylic oxidation sites excluding steroid dienone is 2. The minimum atomic E-state index is 0.418. The van der Waals surface area contributed by atoms with E-state index in [9.17, 15) is 0 Å². The fraction of sp³-hybridized carbons (Fsp3) is 0.412. The van der Waals surface area contributed by atoms with Crippen LogP contribution in [0.5, 0.6) is 0 Å². The van der Waals surface area contributed by atoms with Crippen molar-refractivity contribution in [3.8, 4) is 0 Å². The fourth-order valence-corrected chi connectivity index (χ4v) is 4.86. The number of nitrogens with one attached hydrogen (secondary N) is 1. The van der Waals surface area contributed by atoms with Gasteiger partial charge in [-0.15, -0.1) is 0 Å². The molecular formula is C17H16ClN. The summed E-state index contributed by atoms with van der Waals surface area (Å²) in [7, 11) is 0. The zero-order valence-electron chi connectivity index (χ0n) is 10.7. The summed E-state index contributed by atoms with van der Waals surface area (Å²) in [5.74, 6) is 1.37. The lowest BCUT2D eigenvalue weighted by Crippen LogP contribution is -2.43. The highest BCUT2D eigenvalue weighted by Gasteiger charge is 2.52. The van der Waals surface area contributed by atoms with E-state index in [0.29, 0.717) is 11.3 Å². The van der Waals surface area contributed by atoms with Gasteiger partial charge in [-0.25, -0.2) is 0 Å². The number of aromatic amines is 1. The molecule has 2 heteroatoms. The maximum Gasteiger partial charge on any atom is 0.0460 e. The number of hydrogen-bond acceptors (Lipinski definition) is 0. The van der Waals surface area contributed by atoms with Gasteiger partial charge in [0.05, 0.1) is 0 Å². The van der Waals surface area contributed by atoms with Crippen molar-refractivity contribution in [2.75, 3.05) is 0 Å². The van der Waals surface area contributed by atoms with Crippen LogP contribution in [0.1, 0.15) is 42.9 Å². The molecule has 0 aliphatic heterocycles. The Kier molecular flexibility index (Phi) is 1.82. The van der Waals surface area contributed by atoms with E-state index in [4.69, 9.17) is 11.6 Å². The third kappa shape index (κ3) is 1.14. The van der Waals surface area contributed by atoms with Gasteiger partial charge in [-0.05, 0) is 48.9 Å². The van der Waals surface area contributed by atoms with Crippen LogP contribution in [0, 0.1) is 5.92 Å². The Hall–Kier alpha value is -1.21. The Morgan fingerprint density at radius 2 is 2.11 bits per heavy atom. The predicted molar refractivity (Wildman–Crippen MR) is 78.8 cm³/mol. The number of hydrogen-bond donors (Lipinski definition) is 1. The van der Waals surface area contributed by atoms with Crippen LogP contribution in [0.2, 0.25) is 5.02 Å². The number of fused-ring (bicyclic) bond motifs is 8. The minimum absolute atomic E-state index is 0.418. The molecule has 0 saturated heterocycles. The summed E-state index contributed by atoms with van der Waals surface area (Å²) < 4.78 is 0. The molecule has 96 valence electrons. The highest BCUT2D eigenvalue weighted by Crippen LogP contribution is 2.61. The molecule has 2 atom stereocenters. The Morgan fingerprint density at radius 1 is 1.21 bits per heavy atom. The lowest BCUT2D eigenvalue weighted by atomic mass is 9.54. The highest BCUT2D eigenvalue weighted by atomic mass is 35.5. The third-order valence-electron chi connectivity index (χ3n) is 5.70. The van der Waals surface area contributed by atoms with Gasteiger partial charge in [0.25, 0.3) is 0 Å². The molecule has 1 aromatic carbocycles. The molecule has 2 bridgehead atoms. The van der Waals surface area contributed by atoms with Gasteiger partial charge >= 0.3 is 0 Å². The molecule has 1 heterocycles. The highest BCUT2D eigenvalue weighted by molar-refractivity contribution is 6.31. The Labute approximate surface area is 117 Å². The van der Waals surface area contributed by atoms with Crippen molar-refractivity contribution in [2.45, 2.75) is 37.0 Å². The van der Waals surface area contributed by atoms with Crippen LogP contribution in [-0.2, 0) is 5.41 Å². The predicted octanol–water partition coefficient (Wildman–Crippen LogP) is 4.92. The Morgan fingerprint density at radius 3 is 2.89 bits per heavy atom. The Balaban J connectivity index is 1.89. The molecule has 3 aliphatic rings. The Bertz CT molecular complexity index is 720. The maximum absolute atomic E-state index is 6.23. The van der Waals surface area contributed by atoms with Crippen molar-refractivity contribution in [3.05, 3.63) is 46.6 Å². The molecular weight excluding hydrogens is 254 g/mol. The smallest absolute Gasteiger partial charge is 0.0460 e. The van der Waals surface area contributed by atoms with E-state index >= 15 is 0 Å². The zero-order chi connectivity index (χ0) is 12.6. The SMILES string of the molecule is Clc1ccc2[nH]c3c(c2c1)C1(CCC1)[C@@H]1C=CC3C1. The average Bonchev–Trinajstić information content (AvgIpc) is 2.92. The molecule has 1 unspecified atom stereocenters. The van der Waals surface area contributed by atoms with E-state index in [1.807, 2.05) is 6.07 Å². The van der Waals surface area contributed by atoms with Gasteiger partial charge in [-0.3, -0.25) is 0 Å². The van der Waals surface area contributed by atoms with Crippen LogP contribution in [0.3, 0.4) is 0 Å². The lowest BCUT2D eigenvalue weighted by molar-refractivity contribution is 0.161. The number of halogens is 1. The van der Waals surface area contributed by atoms with Gasteiger partial charge in [0.2, 0.25) is 0 Å². The van der Waals surface area contributed by atoms with E-state index in [1.165, 1.54) is 42.3 Å². The summed E-state index contributed by atoms with van der Waals surface area (Å²) in [6.07, 6.45) is 10.3. The zero-order valence-corrected chi connectivity index (χ0v) is 11.5. The summed E-state index contributed by atoms with van der Waals surface area (Å²) in [5, 5.41) is 2.23. The second kappa shape index (κ2) is 3.27. The van der Waals surface area contributed by atoms with Gasteiger partial charge in [-0.1, -0.05) is 30.2 Å². The first kappa shape index (κ1) is 10.6. The van der Waals surface area contributed by atoms with E-state index in [-0.39, 0.29) is 0 Å². The molecule has 1 nitrogen and oxygen atoms in total. The van der Waals surface area contributed by atoms with E-state index in [2.05, 4.69) is 29.3 Å². The summed E-state index contributed by atoms with van der Waals surface area (Å²) in [6, 6.07) is 6.30. The molecule has 1 aromatic heterocycles. The van der Waals surface area contributed by atoms with Crippen LogP contribution in [-0.4, -0.2) is 4.98 Å². The molecule has 0 amide bonds. The van der Waals surface area contributed by atoms with Gasteiger partial charge in [0.15, 0.2) is 0 Å². The number of benzene rings is 1. The van der Waals surface area contributed by atoms with Crippen molar-refractivity contribution in [1.82, 2.24) is 4.98 Å². The largest absolute Gasteiger partial charge is 0.358 e. The molecule has 1 saturated carbocycles. The lowest BCUT2D eigenvalue weighted by Gasteiger charge is -2.49. The quantitative estimate of drug-likeness (QED) is 0.654. The maximum atomic E-state index is 6.23. The van der Waals surface area contributed by atoms with Crippen LogP contribution in [0.15, 0.2) is 30.4 Å². The molecule has 5 rings (SSSR count). The average molecular weight is 270 g/mol. The first-order valence-corrected chi connectivity index (χ1v) is 7.66. The van der Waals surface area contributed by atoms with Gasteiger partial charge in [0.1, 0.15) is 0 Å². The van der Waals surface area contributed by atoms with Crippen LogP contribution < -0.4 is 0 Å². The first-order chi connectivity index (χ1) is 9.28. The van der Waals surface area contributed by atoms with Crippen molar-refractivity contribution in [3.63, 3.8) is 0 Å². The topological polar surface area (TPSA) is 15.8 Å². The van der Waals surface area contributed by atoms with E-state index in [0.717, 1.165) is 10.9 Å². The normalized spacial score (nSPS) is 29.7. The van der Waals surface area contributed by atoms with Crippen molar-refractivity contribution in [1.29, 1.82) is 0 Å². The molecule has 1 N–H and O–H groups in total. The molecule has 1 fully saturated rings. The van der Waals surface area contributed by atoms with Crippen LogP contribution in [0.4, 0.5) is 0 Å². The van der Waals surface area contributed by atoms with Gasteiger partial charge in [-0.2, -0.15) is 0 Å². The molecule has 19 heavy (non-hydrogen) atoms. The van der Waals surface area contributed by atoms with Crippen LogP contribution in [0.25, 0.3) is 10.9 Å². The molecule has 0 radical (unpaired) electrons. The van der Waals surface area contributed by atoms with Crippen LogP contribution >= 0.6 is 11.6 Å². The van der Waals surface area contributed by atoms with Crippen molar-refractivity contribution < 1.29 is 0 Å². The monoisotopic (exact) mass is 269 g/mol. The summed E-state index contributed by atoms with van der Waals surface area (Å²) in [4.78, 5) is 3.68. The number of aromatic nitrogens is 1. The van der Waals surface area contributed by atoms with Crippen molar-refractivity contribution in [2.24, 2.45) is 5.92 Å². The molecule has 2 aromatic rings. The van der Waals surface area contributed by atoms with Crippen molar-refractivity contribution >= 4 is 22.5 Å².